The van der Waals surface area contributed by atoms with E-state index in [1.807, 2.05) is 67.6 Å². The first-order valence-electron chi connectivity index (χ1n) is 9.91. The van der Waals surface area contributed by atoms with Gasteiger partial charge in [0.2, 0.25) is 5.91 Å². The fourth-order valence-electron chi connectivity index (χ4n) is 3.45. The molecule has 1 aliphatic rings. The fraction of sp³-hybridized carbons (Fsp3) is 0.200. The summed E-state index contributed by atoms with van der Waals surface area (Å²) in [5.41, 5.74) is 2.61. The van der Waals surface area contributed by atoms with Crippen LogP contribution in [0.25, 0.3) is 0 Å². The number of carbonyl (C=O) groups is 2. The lowest BCUT2D eigenvalue weighted by Crippen LogP contribution is -2.44. The second-order valence-electron chi connectivity index (χ2n) is 7.65. The number of rotatable bonds is 6. The SMILES string of the molecule is CC(NC(=O)c1ccc(NC(=O)C2CC2)cc1)(c1ccccc1)c1ccccc1. The van der Waals surface area contributed by atoms with Gasteiger partial charge in [0.25, 0.3) is 5.91 Å². The molecule has 0 atom stereocenters. The van der Waals surface area contributed by atoms with E-state index in [2.05, 4.69) is 10.6 Å². The van der Waals surface area contributed by atoms with Gasteiger partial charge < -0.3 is 10.6 Å². The molecule has 146 valence electrons. The molecular formula is C25H24N2O2. The lowest BCUT2D eigenvalue weighted by molar-refractivity contribution is -0.117. The first-order valence-corrected chi connectivity index (χ1v) is 9.91. The van der Waals surface area contributed by atoms with Gasteiger partial charge >= 0.3 is 0 Å². The number of anilines is 1. The molecule has 0 radical (unpaired) electrons. The summed E-state index contributed by atoms with van der Waals surface area (Å²) in [6.45, 7) is 2.01. The van der Waals surface area contributed by atoms with E-state index in [4.69, 9.17) is 0 Å². The van der Waals surface area contributed by atoms with Crippen molar-refractivity contribution in [2.75, 3.05) is 5.32 Å². The molecule has 0 spiro atoms. The van der Waals surface area contributed by atoms with Crippen molar-refractivity contribution < 1.29 is 9.59 Å². The van der Waals surface area contributed by atoms with Crippen molar-refractivity contribution in [3.05, 3.63) is 102 Å². The number of amides is 2. The Hall–Kier alpha value is -3.40. The summed E-state index contributed by atoms with van der Waals surface area (Å²) in [5.74, 6) is 0.0404. The molecule has 1 saturated carbocycles. The Labute approximate surface area is 171 Å². The van der Waals surface area contributed by atoms with E-state index in [9.17, 15) is 9.59 Å². The Morgan fingerprint density at radius 1 is 0.793 bits per heavy atom. The number of nitrogens with one attached hydrogen (secondary N) is 2. The van der Waals surface area contributed by atoms with Crippen LogP contribution in [0.2, 0.25) is 0 Å². The maximum absolute atomic E-state index is 13.1. The molecule has 1 fully saturated rings. The number of carbonyl (C=O) groups excluding carboxylic acids is 2. The molecule has 4 heteroatoms. The summed E-state index contributed by atoms with van der Waals surface area (Å²) in [5, 5.41) is 6.10. The van der Waals surface area contributed by atoms with Crippen LogP contribution in [0, 0.1) is 5.92 Å². The highest BCUT2D eigenvalue weighted by atomic mass is 16.2. The Balaban J connectivity index is 1.56. The van der Waals surface area contributed by atoms with Gasteiger partial charge in [-0.2, -0.15) is 0 Å². The molecule has 0 aliphatic heterocycles. The van der Waals surface area contributed by atoms with Crippen LogP contribution in [-0.2, 0) is 10.3 Å². The van der Waals surface area contributed by atoms with Gasteiger partial charge in [-0.3, -0.25) is 9.59 Å². The quantitative estimate of drug-likeness (QED) is 0.646. The molecule has 3 aromatic carbocycles. The topological polar surface area (TPSA) is 58.2 Å². The zero-order valence-corrected chi connectivity index (χ0v) is 16.4. The molecule has 0 saturated heterocycles. The fourth-order valence-corrected chi connectivity index (χ4v) is 3.45. The Kier molecular flexibility index (Phi) is 5.17. The van der Waals surface area contributed by atoms with E-state index in [1.165, 1.54) is 0 Å². The van der Waals surface area contributed by atoms with Gasteiger partial charge in [-0.15, -0.1) is 0 Å². The molecule has 0 unspecified atom stereocenters. The van der Waals surface area contributed by atoms with Crippen molar-refractivity contribution in [3.8, 4) is 0 Å². The predicted molar refractivity (Wildman–Crippen MR) is 115 cm³/mol. The molecule has 0 bridgehead atoms. The van der Waals surface area contributed by atoms with E-state index in [0.717, 1.165) is 24.0 Å². The molecule has 29 heavy (non-hydrogen) atoms. The highest BCUT2D eigenvalue weighted by molar-refractivity contribution is 5.97. The zero-order valence-electron chi connectivity index (χ0n) is 16.4. The number of hydrogen-bond acceptors (Lipinski definition) is 2. The molecule has 0 aromatic heterocycles. The third-order valence-corrected chi connectivity index (χ3v) is 5.43. The smallest absolute Gasteiger partial charge is 0.252 e. The summed E-state index contributed by atoms with van der Waals surface area (Å²) >= 11 is 0. The number of hydrogen-bond donors (Lipinski definition) is 2. The van der Waals surface area contributed by atoms with Crippen LogP contribution in [0.4, 0.5) is 5.69 Å². The number of benzene rings is 3. The van der Waals surface area contributed by atoms with Crippen LogP contribution in [0.15, 0.2) is 84.9 Å². The molecule has 4 rings (SSSR count). The van der Waals surface area contributed by atoms with Crippen LogP contribution in [-0.4, -0.2) is 11.8 Å². The third kappa shape index (κ3) is 4.21. The van der Waals surface area contributed by atoms with Crippen molar-refractivity contribution in [1.29, 1.82) is 0 Å². The largest absolute Gasteiger partial charge is 0.339 e. The lowest BCUT2D eigenvalue weighted by atomic mass is 9.84. The van der Waals surface area contributed by atoms with Gasteiger partial charge in [-0.05, 0) is 55.2 Å². The average molecular weight is 384 g/mol. The highest BCUT2D eigenvalue weighted by Gasteiger charge is 2.31. The van der Waals surface area contributed by atoms with Crippen LogP contribution in [0.1, 0.15) is 41.3 Å². The minimum Gasteiger partial charge on any atom is -0.339 e. The predicted octanol–water partition coefficient (Wildman–Crippen LogP) is 4.73. The average Bonchev–Trinajstić information content (AvgIpc) is 3.61. The highest BCUT2D eigenvalue weighted by Crippen LogP contribution is 2.31. The first-order chi connectivity index (χ1) is 14.1. The molecular weight excluding hydrogens is 360 g/mol. The van der Waals surface area contributed by atoms with Crippen molar-refractivity contribution in [2.45, 2.75) is 25.3 Å². The van der Waals surface area contributed by atoms with Crippen molar-refractivity contribution in [1.82, 2.24) is 5.32 Å². The molecule has 2 amide bonds. The van der Waals surface area contributed by atoms with E-state index in [-0.39, 0.29) is 17.7 Å². The lowest BCUT2D eigenvalue weighted by Gasteiger charge is -2.32. The van der Waals surface area contributed by atoms with Crippen LogP contribution < -0.4 is 10.6 Å². The van der Waals surface area contributed by atoms with Gasteiger partial charge in [0.1, 0.15) is 0 Å². The van der Waals surface area contributed by atoms with Gasteiger partial charge in [0, 0.05) is 17.2 Å². The van der Waals surface area contributed by atoms with Gasteiger partial charge in [0.05, 0.1) is 5.54 Å². The van der Waals surface area contributed by atoms with E-state index in [1.54, 1.807) is 24.3 Å². The molecule has 0 heterocycles. The normalized spacial score (nSPS) is 13.6. The molecule has 4 nitrogen and oxygen atoms in total. The van der Waals surface area contributed by atoms with Crippen LogP contribution in [0.3, 0.4) is 0 Å². The summed E-state index contributed by atoms with van der Waals surface area (Å²) in [4.78, 5) is 25.0. The Morgan fingerprint density at radius 3 is 1.79 bits per heavy atom. The molecule has 2 N–H and O–H groups in total. The summed E-state index contributed by atoms with van der Waals surface area (Å²) in [7, 11) is 0. The maximum atomic E-state index is 13.1. The zero-order chi connectivity index (χ0) is 20.3. The monoisotopic (exact) mass is 384 g/mol. The minimum absolute atomic E-state index is 0.0583. The van der Waals surface area contributed by atoms with E-state index < -0.39 is 5.54 Å². The minimum atomic E-state index is -0.668. The van der Waals surface area contributed by atoms with E-state index in [0.29, 0.717) is 11.3 Å². The Morgan fingerprint density at radius 2 is 1.31 bits per heavy atom. The van der Waals surface area contributed by atoms with Gasteiger partial charge in [0.15, 0.2) is 0 Å². The molecule has 3 aromatic rings. The van der Waals surface area contributed by atoms with Crippen molar-refractivity contribution >= 4 is 17.5 Å². The third-order valence-electron chi connectivity index (χ3n) is 5.43. The van der Waals surface area contributed by atoms with Crippen molar-refractivity contribution in [2.24, 2.45) is 5.92 Å². The van der Waals surface area contributed by atoms with Crippen LogP contribution in [0.5, 0.6) is 0 Å². The first kappa shape index (κ1) is 18.9. The standard InChI is InChI=1S/C25H24N2O2/c1-25(20-8-4-2-5-9-20,21-10-6-3-7-11-21)27-24(29)19-14-16-22(17-15-19)26-23(28)18-12-13-18/h2-11,14-18H,12-13H2,1H3,(H,26,28)(H,27,29). The van der Waals surface area contributed by atoms with Crippen LogP contribution >= 0.6 is 0 Å². The van der Waals surface area contributed by atoms with Gasteiger partial charge in [-0.1, -0.05) is 60.7 Å². The summed E-state index contributed by atoms with van der Waals surface area (Å²) in [6, 6.07) is 26.9. The summed E-state index contributed by atoms with van der Waals surface area (Å²) < 4.78 is 0. The molecule has 1 aliphatic carbocycles. The second kappa shape index (κ2) is 7.92. The van der Waals surface area contributed by atoms with Crippen molar-refractivity contribution in [3.63, 3.8) is 0 Å². The van der Waals surface area contributed by atoms with E-state index >= 15 is 0 Å². The summed E-state index contributed by atoms with van der Waals surface area (Å²) in [6.07, 6.45) is 1.92. The van der Waals surface area contributed by atoms with Gasteiger partial charge in [-0.25, -0.2) is 0 Å². The maximum Gasteiger partial charge on any atom is 0.252 e. The Bertz CT molecular complexity index is 955. The second-order valence-corrected chi connectivity index (χ2v) is 7.65.